The highest BCUT2D eigenvalue weighted by Gasteiger charge is 2.33. The van der Waals surface area contributed by atoms with Crippen LogP contribution < -0.4 is 0 Å². The third-order valence-corrected chi connectivity index (χ3v) is 4.89. The molecule has 0 atom stereocenters. The predicted molar refractivity (Wildman–Crippen MR) is 119 cm³/mol. The first-order valence-electron chi connectivity index (χ1n) is 9.79. The van der Waals surface area contributed by atoms with Gasteiger partial charge in [-0.1, -0.05) is 0 Å². The van der Waals surface area contributed by atoms with E-state index in [0.29, 0.717) is 0 Å². The average Bonchev–Trinajstić information content (AvgIpc) is 3.04. The predicted octanol–water partition coefficient (Wildman–Crippen LogP) is 5.08. The van der Waals surface area contributed by atoms with Crippen molar-refractivity contribution in [2.24, 2.45) is 0 Å². The van der Waals surface area contributed by atoms with E-state index in [1.807, 2.05) is 48.6 Å². The zero-order valence-electron chi connectivity index (χ0n) is 16.1. The molecule has 5 heterocycles. The van der Waals surface area contributed by atoms with E-state index < -0.39 is 0 Å². The summed E-state index contributed by atoms with van der Waals surface area (Å²) in [6.45, 7) is 0. The highest BCUT2D eigenvalue weighted by Crippen LogP contribution is 2.21. The van der Waals surface area contributed by atoms with Crippen LogP contribution in [0.25, 0.3) is 46.4 Å². The molecule has 30 heavy (non-hydrogen) atoms. The minimum Gasteiger partial charge on any atom is -0.355 e. The van der Waals surface area contributed by atoms with Crippen molar-refractivity contribution in [1.82, 2.24) is 19.9 Å². The zero-order chi connectivity index (χ0) is 20.5. The molecule has 0 spiro atoms. The minimum absolute atomic E-state index is 0.176. The van der Waals surface area contributed by atoms with Gasteiger partial charge in [-0.3, -0.25) is 10.1 Å². The normalized spacial score (nSPS) is 14.3. The van der Waals surface area contributed by atoms with Gasteiger partial charge >= 0.3 is 0 Å². The van der Waals surface area contributed by atoms with Gasteiger partial charge in [0.2, 0.25) is 6.04 Å². The van der Waals surface area contributed by atoms with Gasteiger partial charge in [-0.15, -0.1) is 0 Å². The molecule has 0 unspecified atom stereocenters. The van der Waals surface area contributed by atoms with Gasteiger partial charge in [-0.25, -0.2) is 9.97 Å². The van der Waals surface area contributed by atoms with Crippen molar-refractivity contribution in [3.63, 3.8) is 0 Å². The highest BCUT2D eigenvalue weighted by atomic mass is 16.6. The van der Waals surface area contributed by atoms with E-state index in [0.717, 1.165) is 57.7 Å². The maximum Gasteiger partial charge on any atom is 0.213 e. The Morgan fingerprint density at radius 1 is 0.700 bits per heavy atom. The van der Waals surface area contributed by atoms with Gasteiger partial charge in [0.25, 0.3) is 0 Å². The van der Waals surface area contributed by atoms with Crippen LogP contribution in [0.15, 0.2) is 48.5 Å². The van der Waals surface area contributed by atoms with Crippen molar-refractivity contribution in [3.8, 4) is 0 Å². The van der Waals surface area contributed by atoms with Crippen LogP contribution in [-0.4, -0.2) is 30.9 Å². The van der Waals surface area contributed by atoms with Crippen LogP contribution in [0.4, 0.5) is 0 Å². The highest BCUT2D eigenvalue weighted by molar-refractivity contribution is 5.77. The van der Waals surface area contributed by atoms with E-state index in [-0.39, 0.29) is 11.0 Å². The number of rotatable bonds is 1. The Kier molecular flexibility index (Phi) is 4.48. The average molecular weight is 397 g/mol. The van der Waals surface area contributed by atoms with Gasteiger partial charge in [0.15, 0.2) is 0 Å². The molecule has 3 aromatic rings. The summed E-state index contributed by atoms with van der Waals surface area (Å²) in [7, 11) is 0. The number of nitro groups is 1. The Morgan fingerprint density at radius 2 is 1.03 bits per heavy atom. The van der Waals surface area contributed by atoms with E-state index >= 15 is 0 Å². The summed E-state index contributed by atoms with van der Waals surface area (Å²) in [5.41, 5.74) is 7.86. The quantitative estimate of drug-likeness (QED) is 0.304. The SMILES string of the molecule is C1=Cc2cc3ccc(cc4nc(cc5ccc(cc1n2)[nH]5)C=C4)[nH]3.O=[N+]([O-])C1CC1. The van der Waals surface area contributed by atoms with Gasteiger partial charge in [-0.05, 0) is 72.8 Å². The summed E-state index contributed by atoms with van der Waals surface area (Å²) < 4.78 is 0. The van der Waals surface area contributed by atoms with E-state index in [4.69, 9.17) is 0 Å². The molecule has 3 aliphatic rings. The largest absolute Gasteiger partial charge is 0.355 e. The molecule has 1 saturated carbocycles. The molecular weight excluding hydrogens is 378 g/mol. The zero-order valence-corrected chi connectivity index (χ0v) is 16.1. The molecule has 7 nitrogen and oxygen atoms in total. The molecule has 6 rings (SSSR count). The summed E-state index contributed by atoms with van der Waals surface area (Å²) >= 11 is 0. The topological polar surface area (TPSA) is 101 Å². The molecule has 3 aromatic heterocycles. The van der Waals surface area contributed by atoms with Gasteiger partial charge in [0.05, 0.1) is 22.8 Å². The van der Waals surface area contributed by atoms with Crippen molar-refractivity contribution in [3.05, 3.63) is 81.4 Å². The van der Waals surface area contributed by atoms with Crippen LogP contribution in [0.3, 0.4) is 0 Å². The Balaban J connectivity index is 0.000000279. The smallest absolute Gasteiger partial charge is 0.213 e. The summed E-state index contributed by atoms with van der Waals surface area (Å²) in [5.74, 6) is 0. The van der Waals surface area contributed by atoms with Crippen molar-refractivity contribution in [1.29, 1.82) is 0 Å². The maximum absolute atomic E-state index is 9.57. The van der Waals surface area contributed by atoms with Crippen LogP contribution in [0, 0.1) is 10.1 Å². The number of H-pyrrole nitrogens is 2. The fraction of sp³-hybridized carbons (Fsp3) is 0.130. The third kappa shape index (κ3) is 4.20. The molecule has 8 bridgehead atoms. The van der Waals surface area contributed by atoms with Crippen molar-refractivity contribution >= 4 is 46.4 Å². The monoisotopic (exact) mass is 397 g/mol. The molecule has 0 saturated heterocycles. The molecule has 7 heteroatoms. The lowest BCUT2D eigenvalue weighted by molar-refractivity contribution is -0.494. The second-order valence-corrected chi connectivity index (χ2v) is 7.42. The van der Waals surface area contributed by atoms with Gasteiger partial charge in [0.1, 0.15) is 0 Å². The van der Waals surface area contributed by atoms with Gasteiger partial charge in [0, 0.05) is 39.8 Å². The lowest BCUT2D eigenvalue weighted by Crippen LogP contribution is -1.97. The van der Waals surface area contributed by atoms with Gasteiger partial charge in [-0.2, -0.15) is 0 Å². The molecule has 0 radical (unpaired) electrons. The second kappa shape index (κ2) is 7.44. The number of aromatic nitrogens is 4. The van der Waals surface area contributed by atoms with Crippen molar-refractivity contribution in [2.45, 2.75) is 18.9 Å². The molecule has 2 N–H and O–H groups in total. The van der Waals surface area contributed by atoms with E-state index in [2.05, 4.69) is 44.2 Å². The number of hydrogen-bond donors (Lipinski definition) is 2. The van der Waals surface area contributed by atoms with Crippen LogP contribution in [-0.2, 0) is 0 Å². The van der Waals surface area contributed by atoms with E-state index in [9.17, 15) is 10.1 Å². The summed E-state index contributed by atoms with van der Waals surface area (Å²) in [5, 5.41) is 9.57. The first-order valence-corrected chi connectivity index (χ1v) is 9.79. The Hall–Kier alpha value is -4.00. The van der Waals surface area contributed by atoms with E-state index in [1.165, 1.54) is 0 Å². The fourth-order valence-electron chi connectivity index (χ4n) is 3.23. The standard InChI is InChI=1S/C20H14N4.C3H5NO2/c1-2-14-10-16-5-6-18(23-16)12-20-8-7-19(24-20)11-17-4-3-15(22-17)9-13(1)21-14;5-4(6)3-1-2-3/h1-12,21,24H;3H,1-2H2. The summed E-state index contributed by atoms with van der Waals surface area (Å²) in [4.78, 5) is 25.4. The molecule has 2 aliphatic heterocycles. The summed E-state index contributed by atoms with van der Waals surface area (Å²) in [6, 6.07) is 16.2. The maximum atomic E-state index is 9.57. The van der Waals surface area contributed by atoms with Gasteiger partial charge < -0.3 is 9.97 Å². The first-order chi connectivity index (χ1) is 14.6. The number of aromatic amines is 2. The molecule has 0 aromatic carbocycles. The molecule has 0 amide bonds. The number of hydrogen-bond acceptors (Lipinski definition) is 4. The second-order valence-electron chi connectivity index (χ2n) is 7.42. The molecule has 1 fully saturated rings. The number of fused-ring (bicyclic) bond motifs is 8. The van der Waals surface area contributed by atoms with Crippen LogP contribution >= 0.6 is 0 Å². The van der Waals surface area contributed by atoms with E-state index in [1.54, 1.807) is 0 Å². The van der Waals surface area contributed by atoms with Crippen LogP contribution in [0.2, 0.25) is 0 Å². The lowest BCUT2D eigenvalue weighted by atomic mass is 10.3. The lowest BCUT2D eigenvalue weighted by Gasteiger charge is -1.85. The Morgan fingerprint density at radius 3 is 1.27 bits per heavy atom. The third-order valence-electron chi connectivity index (χ3n) is 4.89. The minimum atomic E-state index is -0.222. The molecule has 148 valence electrons. The number of nitrogens with zero attached hydrogens (tertiary/aromatic N) is 3. The van der Waals surface area contributed by atoms with Crippen LogP contribution in [0.5, 0.6) is 0 Å². The Labute approximate surface area is 172 Å². The van der Waals surface area contributed by atoms with Crippen LogP contribution in [0.1, 0.15) is 35.6 Å². The molecule has 1 aliphatic carbocycles. The Bertz CT molecular complexity index is 1170. The van der Waals surface area contributed by atoms with Crippen molar-refractivity contribution in [2.75, 3.05) is 0 Å². The van der Waals surface area contributed by atoms with Crippen molar-refractivity contribution < 1.29 is 4.92 Å². The summed E-state index contributed by atoms with van der Waals surface area (Å²) in [6.07, 6.45) is 9.69. The number of nitrogens with one attached hydrogen (secondary N) is 2. The first kappa shape index (κ1) is 18.1. The molecular formula is C23H19N5O2. The fourth-order valence-corrected chi connectivity index (χ4v) is 3.23.